The summed E-state index contributed by atoms with van der Waals surface area (Å²) >= 11 is 0. The summed E-state index contributed by atoms with van der Waals surface area (Å²) in [6.45, 7) is 3.08. The molecule has 4 rings (SSSR count). The number of nitrogens with zero attached hydrogens (tertiary/aromatic N) is 6. The van der Waals surface area contributed by atoms with Gasteiger partial charge in [-0.2, -0.15) is 15.2 Å². The van der Waals surface area contributed by atoms with Crippen LogP contribution in [-0.4, -0.2) is 42.6 Å². The van der Waals surface area contributed by atoms with Crippen molar-refractivity contribution in [1.82, 2.24) is 34.8 Å². The van der Waals surface area contributed by atoms with Crippen LogP contribution in [0, 0.1) is 5.92 Å². The Labute approximate surface area is 121 Å². The van der Waals surface area contributed by atoms with Crippen molar-refractivity contribution >= 4 is 17.0 Å². The smallest absolute Gasteiger partial charge is 0.222 e. The minimum absolute atomic E-state index is 0.244. The Kier molecular flexibility index (Phi) is 2.81. The molecular weight excluding hydrogens is 268 g/mol. The predicted octanol–water partition coefficient (Wildman–Crippen LogP) is 0.204. The maximum absolute atomic E-state index is 5.65. The number of nitrogen functional groups attached to an aromatic ring is 1. The van der Waals surface area contributed by atoms with Gasteiger partial charge in [-0.25, -0.2) is 9.67 Å². The molecule has 3 aromatic rings. The van der Waals surface area contributed by atoms with Gasteiger partial charge < -0.3 is 11.1 Å². The summed E-state index contributed by atoms with van der Waals surface area (Å²) in [7, 11) is 0. The molecule has 1 atom stereocenters. The molecule has 8 heteroatoms. The van der Waals surface area contributed by atoms with E-state index in [4.69, 9.17) is 5.73 Å². The normalized spacial score (nSPS) is 18.6. The van der Waals surface area contributed by atoms with Crippen LogP contribution in [-0.2, 0) is 6.54 Å². The highest BCUT2D eigenvalue weighted by Gasteiger charge is 2.16. The Morgan fingerprint density at radius 3 is 3.10 bits per heavy atom. The van der Waals surface area contributed by atoms with Gasteiger partial charge in [0.15, 0.2) is 5.65 Å². The van der Waals surface area contributed by atoms with Crippen molar-refractivity contribution in [1.29, 1.82) is 0 Å². The second-order valence-electron chi connectivity index (χ2n) is 5.34. The quantitative estimate of drug-likeness (QED) is 0.713. The molecule has 21 heavy (non-hydrogen) atoms. The van der Waals surface area contributed by atoms with E-state index in [-0.39, 0.29) is 5.95 Å². The Morgan fingerprint density at radius 2 is 2.24 bits per heavy atom. The van der Waals surface area contributed by atoms with Crippen LogP contribution in [0.1, 0.15) is 6.42 Å². The second kappa shape index (κ2) is 4.81. The number of anilines is 1. The van der Waals surface area contributed by atoms with Crippen molar-refractivity contribution in [3.8, 4) is 5.69 Å². The zero-order valence-corrected chi connectivity index (χ0v) is 11.5. The monoisotopic (exact) mass is 284 g/mol. The van der Waals surface area contributed by atoms with Gasteiger partial charge in [-0.3, -0.25) is 4.68 Å². The molecule has 0 spiro atoms. The van der Waals surface area contributed by atoms with Gasteiger partial charge in [0, 0.05) is 12.7 Å². The van der Waals surface area contributed by atoms with E-state index in [2.05, 4.69) is 25.5 Å². The molecule has 0 saturated carbocycles. The summed E-state index contributed by atoms with van der Waals surface area (Å²) in [4.78, 5) is 8.22. The average Bonchev–Trinajstić information content (AvgIpc) is 3.19. The van der Waals surface area contributed by atoms with Gasteiger partial charge >= 0.3 is 0 Å². The van der Waals surface area contributed by atoms with Gasteiger partial charge in [-0.05, 0) is 25.4 Å². The molecule has 8 nitrogen and oxygen atoms in total. The molecule has 1 unspecified atom stereocenters. The molecule has 0 aromatic carbocycles. The Balaban J connectivity index is 1.65. The third kappa shape index (κ3) is 2.23. The first-order chi connectivity index (χ1) is 10.3. The van der Waals surface area contributed by atoms with Crippen LogP contribution in [0.25, 0.3) is 16.7 Å². The minimum Gasteiger partial charge on any atom is -0.368 e. The molecule has 0 aliphatic carbocycles. The minimum atomic E-state index is 0.244. The summed E-state index contributed by atoms with van der Waals surface area (Å²) < 4.78 is 3.70. The van der Waals surface area contributed by atoms with Gasteiger partial charge in [0.05, 0.1) is 24.0 Å². The maximum atomic E-state index is 5.65. The molecule has 0 amide bonds. The first-order valence-corrected chi connectivity index (χ1v) is 6.99. The molecule has 0 radical (unpaired) electrons. The van der Waals surface area contributed by atoms with E-state index < -0.39 is 0 Å². The summed E-state index contributed by atoms with van der Waals surface area (Å²) in [5, 5.41) is 13.0. The van der Waals surface area contributed by atoms with E-state index in [1.165, 1.54) is 6.42 Å². The zero-order chi connectivity index (χ0) is 14.2. The average molecular weight is 284 g/mol. The lowest BCUT2D eigenvalue weighted by atomic mass is 10.1. The lowest BCUT2D eigenvalue weighted by Crippen LogP contribution is -2.14. The van der Waals surface area contributed by atoms with Crippen LogP contribution < -0.4 is 11.1 Å². The third-order valence-electron chi connectivity index (χ3n) is 3.80. The highest BCUT2D eigenvalue weighted by Crippen LogP contribution is 2.17. The van der Waals surface area contributed by atoms with Crippen LogP contribution in [0.15, 0.2) is 24.8 Å². The topological polar surface area (TPSA) is 99.5 Å². The maximum Gasteiger partial charge on any atom is 0.222 e. The van der Waals surface area contributed by atoms with Crippen LogP contribution in [0.4, 0.5) is 5.95 Å². The van der Waals surface area contributed by atoms with Crippen molar-refractivity contribution in [3.05, 3.63) is 24.8 Å². The van der Waals surface area contributed by atoms with Crippen molar-refractivity contribution in [2.75, 3.05) is 18.8 Å². The Hall–Kier alpha value is -2.48. The number of fused-ring (bicyclic) bond motifs is 1. The van der Waals surface area contributed by atoms with Gasteiger partial charge in [-0.1, -0.05) is 0 Å². The van der Waals surface area contributed by atoms with Crippen LogP contribution in [0.3, 0.4) is 0 Å². The van der Waals surface area contributed by atoms with Crippen LogP contribution in [0.2, 0.25) is 0 Å². The molecular formula is C13H16N8. The second-order valence-corrected chi connectivity index (χ2v) is 5.34. The van der Waals surface area contributed by atoms with Crippen LogP contribution >= 0.6 is 0 Å². The molecule has 3 N–H and O–H groups in total. The van der Waals surface area contributed by atoms with Crippen molar-refractivity contribution in [2.45, 2.75) is 13.0 Å². The molecule has 1 aliphatic heterocycles. The van der Waals surface area contributed by atoms with Gasteiger partial charge in [-0.15, -0.1) is 0 Å². The number of hydrogen-bond acceptors (Lipinski definition) is 6. The van der Waals surface area contributed by atoms with E-state index in [1.807, 2.05) is 10.9 Å². The molecule has 4 heterocycles. The van der Waals surface area contributed by atoms with Gasteiger partial charge in [0.25, 0.3) is 0 Å². The molecule has 1 fully saturated rings. The largest absolute Gasteiger partial charge is 0.368 e. The number of nitrogens with one attached hydrogen (secondary N) is 1. The standard InChI is InChI=1S/C13H16N8/c14-13-16-4-10-5-18-21(12(10)19-13)11-6-17-20(8-11)7-9-1-2-15-3-9/h4-6,8-9,15H,1-3,7H2,(H2,14,16,19). The lowest BCUT2D eigenvalue weighted by Gasteiger charge is -2.07. The SMILES string of the molecule is Nc1ncc2cnn(-c3cnn(CC4CCNC4)c3)c2n1. The fourth-order valence-corrected chi connectivity index (χ4v) is 2.72. The molecule has 3 aromatic heterocycles. The predicted molar refractivity (Wildman–Crippen MR) is 77.8 cm³/mol. The number of hydrogen-bond donors (Lipinski definition) is 2. The van der Waals surface area contributed by atoms with E-state index >= 15 is 0 Å². The fourth-order valence-electron chi connectivity index (χ4n) is 2.72. The summed E-state index contributed by atoms with van der Waals surface area (Å²) in [6.07, 6.45) is 8.39. The van der Waals surface area contributed by atoms with Crippen molar-refractivity contribution in [3.63, 3.8) is 0 Å². The third-order valence-corrected chi connectivity index (χ3v) is 3.80. The molecule has 1 aliphatic rings. The van der Waals surface area contributed by atoms with Gasteiger partial charge in [0.2, 0.25) is 5.95 Å². The molecule has 108 valence electrons. The highest BCUT2D eigenvalue weighted by molar-refractivity contribution is 5.76. The van der Waals surface area contributed by atoms with Gasteiger partial charge in [0.1, 0.15) is 5.69 Å². The highest BCUT2D eigenvalue weighted by atomic mass is 15.4. The Bertz CT molecular complexity index is 767. The Morgan fingerprint density at radius 1 is 1.29 bits per heavy atom. The fraction of sp³-hybridized carbons (Fsp3) is 0.385. The van der Waals surface area contributed by atoms with E-state index in [0.29, 0.717) is 11.6 Å². The molecule has 0 bridgehead atoms. The number of aromatic nitrogens is 6. The lowest BCUT2D eigenvalue weighted by molar-refractivity contribution is 0.449. The zero-order valence-electron chi connectivity index (χ0n) is 11.5. The van der Waals surface area contributed by atoms with E-state index in [1.54, 1.807) is 23.3 Å². The van der Waals surface area contributed by atoms with Crippen LogP contribution in [0.5, 0.6) is 0 Å². The van der Waals surface area contributed by atoms with Crippen molar-refractivity contribution < 1.29 is 0 Å². The van der Waals surface area contributed by atoms with E-state index in [0.717, 1.165) is 30.7 Å². The molecule has 1 saturated heterocycles. The number of nitrogens with two attached hydrogens (primary N) is 1. The number of rotatable bonds is 3. The first kappa shape index (κ1) is 12.3. The summed E-state index contributed by atoms with van der Waals surface area (Å²) in [6, 6.07) is 0. The summed E-state index contributed by atoms with van der Waals surface area (Å²) in [5.74, 6) is 0.888. The first-order valence-electron chi connectivity index (χ1n) is 6.99. The van der Waals surface area contributed by atoms with E-state index in [9.17, 15) is 0 Å². The summed E-state index contributed by atoms with van der Waals surface area (Å²) in [5.41, 5.74) is 7.24. The van der Waals surface area contributed by atoms with Crippen molar-refractivity contribution in [2.24, 2.45) is 5.92 Å².